The van der Waals surface area contributed by atoms with Crippen LogP contribution in [0.15, 0.2) is 29.1 Å². The molecule has 0 radical (unpaired) electrons. The van der Waals surface area contributed by atoms with Gasteiger partial charge in [-0.2, -0.15) is 25.1 Å². The molecule has 0 aliphatic carbocycles. The highest BCUT2D eigenvalue weighted by Gasteiger charge is 2.32. The van der Waals surface area contributed by atoms with Gasteiger partial charge in [-0.15, -0.1) is 0 Å². The molecule has 0 bridgehead atoms. The molecular formula is C15H22B2BrN9O. The molecule has 0 unspecified atom stereocenters. The normalized spacial score (nSPS) is 12.2. The SMILES string of the molecule is BC(B)(O)n1nc(C(C)(C)n2nccn2)cc1Nc1ncc(Br)c(NCC)n1. The van der Waals surface area contributed by atoms with Crippen LogP contribution in [0.1, 0.15) is 26.5 Å². The first kappa shape index (κ1) is 20.3. The summed E-state index contributed by atoms with van der Waals surface area (Å²) in [5.41, 5.74) is -1.18. The summed E-state index contributed by atoms with van der Waals surface area (Å²) >= 11 is 3.43. The van der Waals surface area contributed by atoms with Gasteiger partial charge in [0, 0.05) is 18.8 Å². The second-order valence-electron chi connectivity index (χ2n) is 7.24. The fraction of sp³-hybridized carbons (Fsp3) is 0.400. The van der Waals surface area contributed by atoms with Crippen molar-refractivity contribution in [3.63, 3.8) is 0 Å². The van der Waals surface area contributed by atoms with Gasteiger partial charge in [0.05, 0.1) is 28.1 Å². The van der Waals surface area contributed by atoms with Crippen LogP contribution in [0.5, 0.6) is 0 Å². The maximum atomic E-state index is 10.6. The van der Waals surface area contributed by atoms with Gasteiger partial charge in [0.2, 0.25) is 5.95 Å². The summed E-state index contributed by atoms with van der Waals surface area (Å²) in [5.74, 6) is 1.61. The Balaban J connectivity index is 2.01. The lowest BCUT2D eigenvalue weighted by molar-refractivity contribution is 0.127. The predicted molar refractivity (Wildman–Crippen MR) is 115 cm³/mol. The van der Waals surface area contributed by atoms with Crippen LogP contribution in [-0.2, 0) is 11.1 Å². The summed E-state index contributed by atoms with van der Waals surface area (Å²) in [6.07, 6.45) is 4.90. The van der Waals surface area contributed by atoms with Crippen LogP contribution in [0.3, 0.4) is 0 Å². The van der Waals surface area contributed by atoms with Crippen LogP contribution in [0.4, 0.5) is 17.6 Å². The fourth-order valence-corrected chi connectivity index (χ4v) is 2.96. The number of rotatable bonds is 7. The second-order valence-corrected chi connectivity index (χ2v) is 8.10. The first-order chi connectivity index (χ1) is 13.1. The predicted octanol–water partition coefficient (Wildman–Crippen LogP) is -0.188. The Hall–Kier alpha value is -2.40. The lowest BCUT2D eigenvalue weighted by Gasteiger charge is -2.23. The van der Waals surface area contributed by atoms with Crippen molar-refractivity contribution >= 4 is 49.2 Å². The minimum atomic E-state index is -1.24. The summed E-state index contributed by atoms with van der Waals surface area (Å²) in [7, 11) is 3.31. The summed E-state index contributed by atoms with van der Waals surface area (Å²) < 4.78 is 2.26. The number of aliphatic hydroxyl groups is 1. The molecule has 10 nitrogen and oxygen atoms in total. The van der Waals surface area contributed by atoms with E-state index in [1.54, 1.807) is 39.1 Å². The van der Waals surface area contributed by atoms with Crippen molar-refractivity contribution in [2.45, 2.75) is 31.8 Å². The Morgan fingerprint density at radius 1 is 1.25 bits per heavy atom. The monoisotopic (exact) mass is 445 g/mol. The number of nitrogens with one attached hydrogen (secondary N) is 2. The average molecular weight is 446 g/mol. The first-order valence-electron chi connectivity index (χ1n) is 8.86. The van der Waals surface area contributed by atoms with Gasteiger partial charge >= 0.3 is 0 Å². The van der Waals surface area contributed by atoms with E-state index in [2.05, 4.69) is 51.8 Å². The summed E-state index contributed by atoms with van der Waals surface area (Å²) in [5, 5.41) is 30.0. The van der Waals surface area contributed by atoms with Crippen LogP contribution < -0.4 is 10.6 Å². The quantitative estimate of drug-likeness (QED) is 0.428. The number of nitrogens with zero attached hydrogens (tertiary/aromatic N) is 7. The lowest BCUT2D eigenvalue weighted by atomic mass is 9.73. The third-order valence-electron chi connectivity index (χ3n) is 4.10. The molecule has 0 amide bonds. The topological polar surface area (TPSA) is 119 Å². The van der Waals surface area contributed by atoms with E-state index >= 15 is 0 Å². The molecule has 0 aromatic carbocycles. The smallest absolute Gasteiger partial charge is 0.230 e. The van der Waals surface area contributed by atoms with E-state index in [1.807, 2.05) is 26.8 Å². The van der Waals surface area contributed by atoms with Crippen molar-refractivity contribution in [1.29, 1.82) is 0 Å². The van der Waals surface area contributed by atoms with E-state index in [9.17, 15) is 5.11 Å². The summed E-state index contributed by atoms with van der Waals surface area (Å²) in [6.45, 7) is 6.62. The lowest BCUT2D eigenvalue weighted by Crippen LogP contribution is -2.37. The van der Waals surface area contributed by atoms with Crippen LogP contribution in [0.25, 0.3) is 0 Å². The molecule has 13 heteroatoms. The third-order valence-corrected chi connectivity index (χ3v) is 4.68. The molecular weight excluding hydrogens is 424 g/mol. The van der Waals surface area contributed by atoms with Gasteiger partial charge in [0.1, 0.15) is 17.2 Å². The standard InChI is InChI=1S/C15H22B2BrN9O/c1-4-19-12-9(18)8-20-13(24-12)23-11-7-10(25-26(11)15(16,17)28)14(2,3)27-21-5-6-22-27/h5-8,28H,4,16-17H2,1-3H3,(H2,19,20,23,24). The summed E-state index contributed by atoms with van der Waals surface area (Å²) in [6, 6.07) is 1.83. The van der Waals surface area contributed by atoms with Crippen molar-refractivity contribution in [2.24, 2.45) is 0 Å². The molecule has 3 rings (SSSR count). The van der Waals surface area contributed by atoms with Crippen molar-refractivity contribution in [3.8, 4) is 0 Å². The minimum absolute atomic E-state index is 0.381. The number of anilines is 3. The molecule has 3 heterocycles. The highest BCUT2D eigenvalue weighted by atomic mass is 79.9. The zero-order valence-corrected chi connectivity index (χ0v) is 18.1. The number of hydrogen-bond acceptors (Lipinski definition) is 8. The molecule has 3 N–H and O–H groups in total. The van der Waals surface area contributed by atoms with Gasteiger partial charge in [-0.3, -0.25) is 0 Å². The molecule has 0 saturated heterocycles. The first-order valence-corrected chi connectivity index (χ1v) is 9.66. The second kappa shape index (κ2) is 7.55. The molecule has 3 aromatic heterocycles. The fourth-order valence-electron chi connectivity index (χ4n) is 2.63. The van der Waals surface area contributed by atoms with E-state index in [0.29, 0.717) is 23.3 Å². The van der Waals surface area contributed by atoms with Gasteiger partial charge in [-0.25, -0.2) is 9.67 Å². The highest BCUT2D eigenvalue weighted by molar-refractivity contribution is 9.10. The molecule has 28 heavy (non-hydrogen) atoms. The summed E-state index contributed by atoms with van der Waals surface area (Å²) in [4.78, 5) is 10.3. The van der Waals surface area contributed by atoms with Crippen molar-refractivity contribution < 1.29 is 5.11 Å². The molecule has 0 fully saturated rings. The molecule has 0 atom stereocenters. The highest BCUT2D eigenvalue weighted by Crippen LogP contribution is 2.29. The Morgan fingerprint density at radius 2 is 1.93 bits per heavy atom. The number of halogens is 1. The third kappa shape index (κ3) is 4.04. The maximum Gasteiger partial charge on any atom is 0.230 e. The van der Waals surface area contributed by atoms with Gasteiger partial charge in [0.25, 0.3) is 0 Å². The largest absolute Gasteiger partial charge is 0.386 e. The Bertz CT molecular complexity index is 953. The molecule has 0 aliphatic heterocycles. The number of hydrogen-bond donors (Lipinski definition) is 3. The van der Waals surface area contributed by atoms with Crippen molar-refractivity contribution in [1.82, 2.24) is 34.7 Å². The average Bonchev–Trinajstić information content (AvgIpc) is 3.28. The maximum absolute atomic E-state index is 10.6. The Labute approximate surface area is 173 Å². The van der Waals surface area contributed by atoms with E-state index in [0.717, 1.165) is 11.0 Å². The van der Waals surface area contributed by atoms with Gasteiger partial charge in [-0.05, 0) is 36.7 Å². The minimum Gasteiger partial charge on any atom is -0.386 e. The Morgan fingerprint density at radius 3 is 2.54 bits per heavy atom. The molecule has 0 saturated carbocycles. The molecule has 0 spiro atoms. The van der Waals surface area contributed by atoms with Gasteiger partial charge < -0.3 is 15.7 Å². The molecule has 3 aromatic rings. The van der Waals surface area contributed by atoms with Crippen LogP contribution >= 0.6 is 15.9 Å². The zero-order chi connectivity index (χ0) is 20.5. The van der Waals surface area contributed by atoms with E-state index in [1.165, 1.54) is 4.68 Å². The van der Waals surface area contributed by atoms with E-state index in [-0.39, 0.29) is 0 Å². The van der Waals surface area contributed by atoms with Crippen molar-refractivity contribution in [2.75, 3.05) is 17.2 Å². The van der Waals surface area contributed by atoms with Crippen LogP contribution in [0.2, 0.25) is 0 Å². The van der Waals surface area contributed by atoms with Gasteiger partial charge in [0.15, 0.2) is 15.7 Å². The number of aromatic nitrogens is 7. The van der Waals surface area contributed by atoms with Gasteiger partial charge in [-0.1, -0.05) is 0 Å². The van der Waals surface area contributed by atoms with Crippen LogP contribution in [0, 0.1) is 0 Å². The van der Waals surface area contributed by atoms with E-state index < -0.39 is 11.1 Å². The molecule has 0 aliphatic rings. The van der Waals surface area contributed by atoms with E-state index in [4.69, 9.17) is 0 Å². The zero-order valence-electron chi connectivity index (χ0n) is 16.5. The Kier molecular flexibility index (Phi) is 5.48. The molecule has 146 valence electrons. The van der Waals surface area contributed by atoms with Crippen molar-refractivity contribution in [3.05, 3.63) is 34.8 Å². The van der Waals surface area contributed by atoms with Crippen LogP contribution in [-0.4, -0.2) is 62.1 Å².